The molecule has 1 aromatic heterocycles. The number of carboxylic acids is 1. The molecule has 0 bridgehead atoms. The van der Waals surface area contributed by atoms with Crippen LogP contribution in [0.5, 0.6) is 0 Å². The molecule has 1 aromatic rings. The Labute approximate surface area is 108 Å². The summed E-state index contributed by atoms with van der Waals surface area (Å²) in [5, 5.41) is 8.67. The summed E-state index contributed by atoms with van der Waals surface area (Å²) in [6.45, 7) is 4.93. The minimum atomic E-state index is -0.677. The van der Waals surface area contributed by atoms with Crippen molar-refractivity contribution in [2.75, 3.05) is 13.1 Å². The van der Waals surface area contributed by atoms with Gasteiger partial charge in [-0.1, -0.05) is 0 Å². The smallest absolute Gasteiger partial charge is 0.303 e. The third-order valence-corrected chi connectivity index (χ3v) is 3.65. The molecule has 4 nitrogen and oxygen atoms in total. The van der Waals surface area contributed by atoms with Crippen molar-refractivity contribution in [3.8, 4) is 0 Å². The molecule has 1 aliphatic rings. The van der Waals surface area contributed by atoms with E-state index in [2.05, 4.69) is 4.90 Å². The second-order valence-corrected chi connectivity index (χ2v) is 5.16. The maximum absolute atomic E-state index is 10.5. The van der Waals surface area contributed by atoms with Crippen molar-refractivity contribution in [3.63, 3.8) is 0 Å². The van der Waals surface area contributed by atoms with Gasteiger partial charge in [0.05, 0.1) is 6.54 Å². The summed E-state index contributed by atoms with van der Waals surface area (Å²) in [5.41, 5.74) is 0. The van der Waals surface area contributed by atoms with Crippen molar-refractivity contribution in [3.05, 3.63) is 23.7 Å². The molecule has 0 unspecified atom stereocenters. The Morgan fingerprint density at radius 1 is 1.44 bits per heavy atom. The number of carboxylic acid groups (broad SMARTS) is 1. The van der Waals surface area contributed by atoms with Crippen LogP contribution in [0.3, 0.4) is 0 Å². The molecule has 2 heterocycles. The van der Waals surface area contributed by atoms with E-state index in [1.54, 1.807) is 0 Å². The van der Waals surface area contributed by atoms with Crippen LogP contribution < -0.4 is 0 Å². The molecular weight excluding hydrogens is 230 g/mol. The predicted octanol–water partition coefficient (Wildman–Crippen LogP) is 2.66. The quantitative estimate of drug-likeness (QED) is 0.874. The highest BCUT2D eigenvalue weighted by Gasteiger charge is 2.20. The molecule has 0 saturated carbocycles. The molecule has 1 aliphatic heterocycles. The number of hydrogen-bond donors (Lipinski definition) is 1. The van der Waals surface area contributed by atoms with Crippen LogP contribution in [0.1, 0.15) is 37.2 Å². The van der Waals surface area contributed by atoms with Crippen molar-refractivity contribution in [2.24, 2.45) is 5.92 Å². The monoisotopic (exact) mass is 251 g/mol. The first kappa shape index (κ1) is 13.1. The average Bonchev–Trinajstić information content (AvgIpc) is 2.74. The van der Waals surface area contributed by atoms with Crippen LogP contribution in [-0.2, 0) is 11.3 Å². The summed E-state index contributed by atoms with van der Waals surface area (Å²) >= 11 is 0. The van der Waals surface area contributed by atoms with E-state index in [4.69, 9.17) is 9.52 Å². The minimum Gasteiger partial charge on any atom is -0.481 e. The van der Waals surface area contributed by atoms with Gasteiger partial charge in [-0.15, -0.1) is 0 Å². The second-order valence-electron chi connectivity index (χ2n) is 5.16. The molecule has 0 amide bonds. The lowest BCUT2D eigenvalue weighted by Crippen LogP contribution is -2.33. The van der Waals surface area contributed by atoms with Gasteiger partial charge in [-0.3, -0.25) is 9.69 Å². The highest BCUT2D eigenvalue weighted by Crippen LogP contribution is 2.23. The standard InChI is InChI=1S/C14H21NO3/c1-11-2-4-13(18-11)10-15-8-6-12(7-9-15)3-5-14(16)17/h2,4,12H,3,5-10H2,1H3,(H,16,17). The van der Waals surface area contributed by atoms with Crippen molar-refractivity contribution in [1.82, 2.24) is 4.90 Å². The SMILES string of the molecule is Cc1ccc(CN2CCC(CCC(=O)O)CC2)o1. The zero-order valence-corrected chi connectivity index (χ0v) is 10.9. The molecule has 0 atom stereocenters. The maximum Gasteiger partial charge on any atom is 0.303 e. The highest BCUT2D eigenvalue weighted by molar-refractivity contribution is 5.66. The summed E-state index contributed by atoms with van der Waals surface area (Å²) in [6.07, 6.45) is 3.34. The zero-order valence-electron chi connectivity index (χ0n) is 10.9. The maximum atomic E-state index is 10.5. The Balaban J connectivity index is 1.71. The Morgan fingerprint density at radius 3 is 2.72 bits per heavy atom. The first-order valence-corrected chi connectivity index (χ1v) is 6.63. The van der Waals surface area contributed by atoms with E-state index in [0.29, 0.717) is 12.3 Å². The van der Waals surface area contributed by atoms with Crippen LogP contribution in [0.2, 0.25) is 0 Å². The summed E-state index contributed by atoms with van der Waals surface area (Å²) in [4.78, 5) is 12.9. The Hall–Kier alpha value is -1.29. The summed E-state index contributed by atoms with van der Waals surface area (Å²) in [7, 11) is 0. The van der Waals surface area contributed by atoms with Crippen LogP contribution in [-0.4, -0.2) is 29.1 Å². The minimum absolute atomic E-state index is 0.308. The van der Waals surface area contributed by atoms with Crippen molar-refractivity contribution < 1.29 is 14.3 Å². The number of hydrogen-bond acceptors (Lipinski definition) is 3. The first-order valence-electron chi connectivity index (χ1n) is 6.63. The van der Waals surface area contributed by atoms with Crippen LogP contribution in [0, 0.1) is 12.8 Å². The third-order valence-electron chi connectivity index (χ3n) is 3.65. The van der Waals surface area contributed by atoms with Crippen LogP contribution in [0.4, 0.5) is 0 Å². The van der Waals surface area contributed by atoms with E-state index in [-0.39, 0.29) is 0 Å². The fourth-order valence-corrected chi connectivity index (χ4v) is 2.55. The number of aryl methyl sites for hydroxylation is 1. The lowest BCUT2D eigenvalue weighted by atomic mass is 9.92. The zero-order chi connectivity index (χ0) is 13.0. The van der Waals surface area contributed by atoms with Crippen molar-refractivity contribution in [1.29, 1.82) is 0 Å². The Kier molecular flexibility index (Phi) is 4.42. The predicted molar refractivity (Wildman–Crippen MR) is 68.3 cm³/mol. The van der Waals surface area contributed by atoms with E-state index < -0.39 is 5.97 Å². The molecule has 18 heavy (non-hydrogen) atoms. The van der Waals surface area contributed by atoms with Crippen molar-refractivity contribution >= 4 is 5.97 Å². The van der Waals surface area contributed by atoms with Gasteiger partial charge in [-0.05, 0) is 57.3 Å². The fourth-order valence-electron chi connectivity index (χ4n) is 2.55. The molecule has 1 N–H and O–H groups in total. The molecule has 0 aliphatic carbocycles. The number of piperidine rings is 1. The number of furan rings is 1. The van der Waals surface area contributed by atoms with E-state index >= 15 is 0 Å². The molecule has 1 fully saturated rings. The van der Waals surface area contributed by atoms with Gasteiger partial charge in [0.2, 0.25) is 0 Å². The van der Waals surface area contributed by atoms with E-state index in [1.807, 2.05) is 19.1 Å². The summed E-state index contributed by atoms with van der Waals surface area (Å²) in [5.74, 6) is 1.89. The lowest BCUT2D eigenvalue weighted by molar-refractivity contribution is -0.137. The molecule has 4 heteroatoms. The normalized spacial score (nSPS) is 18.1. The van der Waals surface area contributed by atoms with Gasteiger partial charge < -0.3 is 9.52 Å². The van der Waals surface area contributed by atoms with Crippen LogP contribution in [0.15, 0.2) is 16.5 Å². The molecule has 0 aromatic carbocycles. The van der Waals surface area contributed by atoms with Gasteiger partial charge in [0.1, 0.15) is 11.5 Å². The number of likely N-dealkylation sites (tertiary alicyclic amines) is 1. The average molecular weight is 251 g/mol. The van der Waals surface area contributed by atoms with Gasteiger partial charge >= 0.3 is 5.97 Å². The van der Waals surface area contributed by atoms with Crippen LogP contribution >= 0.6 is 0 Å². The Morgan fingerprint density at radius 2 is 2.17 bits per heavy atom. The molecule has 100 valence electrons. The number of nitrogens with zero attached hydrogens (tertiary/aromatic N) is 1. The van der Waals surface area contributed by atoms with E-state index in [9.17, 15) is 4.79 Å². The van der Waals surface area contributed by atoms with Gasteiger partial charge in [0, 0.05) is 6.42 Å². The van der Waals surface area contributed by atoms with E-state index in [1.165, 1.54) is 0 Å². The third kappa shape index (κ3) is 3.88. The topological polar surface area (TPSA) is 53.7 Å². The van der Waals surface area contributed by atoms with Gasteiger partial charge in [0.15, 0.2) is 0 Å². The highest BCUT2D eigenvalue weighted by atomic mass is 16.4. The molecule has 1 saturated heterocycles. The largest absolute Gasteiger partial charge is 0.481 e. The molecule has 0 spiro atoms. The molecular formula is C14H21NO3. The molecule has 2 rings (SSSR count). The van der Waals surface area contributed by atoms with E-state index in [0.717, 1.165) is 50.4 Å². The number of carbonyl (C=O) groups is 1. The number of aliphatic carboxylic acids is 1. The summed E-state index contributed by atoms with van der Waals surface area (Å²) < 4.78 is 5.57. The second kappa shape index (κ2) is 6.05. The first-order chi connectivity index (χ1) is 8.63. The molecule has 0 radical (unpaired) electrons. The van der Waals surface area contributed by atoms with Crippen molar-refractivity contribution in [2.45, 2.75) is 39.2 Å². The summed E-state index contributed by atoms with van der Waals surface area (Å²) in [6, 6.07) is 4.03. The Bertz CT molecular complexity index is 391. The lowest BCUT2D eigenvalue weighted by Gasteiger charge is -2.31. The number of rotatable bonds is 5. The van der Waals surface area contributed by atoms with Gasteiger partial charge in [-0.2, -0.15) is 0 Å². The fraction of sp³-hybridized carbons (Fsp3) is 0.643. The van der Waals surface area contributed by atoms with Gasteiger partial charge in [-0.25, -0.2) is 0 Å². The van der Waals surface area contributed by atoms with Gasteiger partial charge in [0.25, 0.3) is 0 Å². The van der Waals surface area contributed by atoms with Crippen LogP contribution in [0.25, 0.3) is 0 Å².